The molecule has 0 saturated heterocycles. The van der Waals surface area contributed by atoms with Crippen LogP contribution in [0.1, 0.15) is 19.4 Å². The summed E-state index contributed by atoms with van der Waals surface area (Å²) in [5.41, 5.74) is 5.52. The molecule has 0 aromatic carbocycles. The van der Waals surface area contributed by atoms with Crippen molar-refractivity contribution in [2.24, 2.45) is 10.9 Å². The number of imidazole rings is 1. The summed E-state index contributed by atoms with van der Waals surface area (Å²) >= 11 is 1.64. The van der Waals surface area contributed by atoms with Gasteiger partial charge in [0.1, 0.15) is 11.7 Å². The van der Waals surface area contributed by atoms with Gasteiger partial charge in [-0.05, 0) is 18.4 Å². The normalized spacial score (nSPS) is 13.8. The highest BCUT2D eigenvalue weighted by Gasteiger charge is 2.13. The third kappa shape index (κ3) is 2.47. The molecule has 1 atom stereocenters. The quantitative estimate of drug-likeness (QED) is 0.378. The van der Waals surface area contributed by atoms with Gasteiger partial charge in [-0.2, -0.15) is 0 Å². The Hall–Kier alpha value is -1.82. The summed E-state index contributed by atoms with van der Waals surface area (Å²) in [4.78, 5) is 5.46. The second-order valence-corrected chi connectivity index (χ2v) is 4.73. The number of oxime groups is 1. The lowest BCUT2D eigenvalue weighted by atomic mass is 10.2. The molecule has 0 aliphatic rings. The number of nitrogens with zero attached hydrogens (tertiary/aromatic N) is 3. The largest absolute Gasteiger partial charge is 0.409 e. The first-order chi connectivity index (χ1) is 8.22. The highest BCUT2D eigenvalue weighted by molar-refractivity contribution is 7.13. The molecule has 3 N–H and O–H groups in total. The third-order valence-corrected chi connectivity index (χ3v) is 3.38. The molecule has 0 spiro atoms. The lowest BCUT2D eigenvalue weighted by Crippen LogP contribution is -2.18. The molecule has 0 radical (unpaired) electrons. The molecule has 5 nitrogen and oxygen atoms in total. The van der Waals surface area contributed by atoms with Crippen LogP contribution in [0.3, 0.4) is 0 Å². The highest BCUT2D eigenvalue weighted by atomic mass is 32.1. The molecule has 0 fully saturated rings. The molecule has 17 heavy (non-hydrogen) atoms. The van der Waals surface area contributed by atoms with E-state index in [0.29, 0.717) is 6.42 Å². The van der Waals surface area contributed by atoms with E-state index in [9.17, 15) is 0 Å². The number of thiophene rings is 1. The Kier molecular flexibility index (Phi) is 3.43. The second-order valence-electron chi connectivity index (χ2n) is 3.78. The zero-order valence-electron chi connectivity index (χ0n) is 9.45. The maximum absolute atomic E-state index is 8.57. The van der Waals surface area contributed by atoms with Crippen LogP contribution in [0.2, 0.25) is 0 Å². The summed E-state index contributed by atoms with van der Waals surface area (Å²) in [6.07, 6.45) is 4.16. The van der Waals surface area contributed by atoms with E-state index in [1.807, 2.05) is 35.2 Å². The lowest BCUT2D eigenvalue weighted by molar-refractivity contribution is 0.315. The van der Waals surface area contributed by atoms with Crippen LogP contribution < -0.4 is 5.73 Å². The molecule has 0 bridgehead atoms. The molecule has 2 heterocycles. The molecule has 1 unspecified atom stereocenters. The Morgan fingerprint density at radius 2 is 2.53 bits per heavy atom. The van der Waals surface area contributed by atoms with Crippen LogP contribution in [0, 0.1) is 0 Å². The minimum Gasteiger partial charge on any atom is -0.409 e. The fraction of sp³-hybridized carbons (Fsp3) is 0.273. The molecule has 0 amide bonds. The molecule has 0 aliphatic carbocycles. The summed E-state index contributed by atoms with van der Waals surface area (Å²) in [7, 11) is 0. The average Bonchev–Trinajstić information content (AvgIpc) is 2.98. The van der Waals surface area contributed by atoms with Crippen molar-refractivity contribution in [1.82, 2.24) is 9.55 Å². The van der Waals surface area contributed by atoms with E-state index >= 15 is 0 Å². The SMILES string of the molecule is CC(CC(N)=NO)n1ccnc1-c1cccs1. The molecule has 6 heteroatoms. The van der Waals surface area contributed by atoms with E-state index in [0.717, 1.165) is 10.7 Å². The maximum atomic E-state index is 8.57. The Morgan fingerprint density at radius 3 is 3.18 bits per heavy atom. The first kappa shape index (κ1) is 11.7. The van der Waals surface area contributed by atoms with Crippen molar-refractivity contribution in [3.63, 3.8) is 0 Å². The van der Waals surface area contributed by atoms with Crippen molar-refractivity contribution >= 4 is 17.2 Å². The topological polar surface area (TPSA) is 76.4 Å². The van der Waals surface area contributed by atoms with Gasteiger partial charge in [0, 0.05) is 24.9 Å². The number of aromatic nitrogens is 2. The molecular weight excluding hydrogens is 236 g/mol. The number of hydrogen-bond donors (Lipinski definition) is 2. The Labute approximate surface area is 103 Å². The van der Waals surface area contributed by atoms with Crippen LogP contribution in [0.4, 0.5) is 0 Å². The predicted octanol–water partition coefficient (Wildman–Crippen LogP) is 2.31. The Bertz CT molecular complexity index is 503. The summed E-state index contributed by atoms with van der Waals surface area (Å²) in [6.45, 7) is 2.01. The van der Waals surface area contributed by atoms with E-state index in [1.54, 1.807) is 17.5 Å². The van der Waals surface area contributed by atoms with Crippen LogP contribution in [-0.2, 0) is 0 Å². The van der Waals surface area contributed by atoms with Gasteiger partial charge in [-0.25, -0.2) is 4.98 Å². The first-order valence-corrected chi connectivity index (χ1v) is 6.13. The van der Waals surface area contributed by atoms with Gasteiger partial charge in [-0.15, -0.1) is 11.3 Å². The number of hydrogen-bond acceptors (Lipinski definition) is 4. The smallest absolute Gasteiger partial charge is 0.150 e. The number of rotatable bonds is 4. The maximum Gasteiger partial charge on any atom is 0.150 e. The number of nitrogens with two attached hydrogens (primary N) is 1. The van der Waals surface area contributed by atoms with Crippen molar-refractivity contribution in [2.75, 3.05) is 0 Å². The Morgan fingerprint density at radius 1 is 1.71 bits per heavy atom. The fourth-order valence-corrected chi connectivity index (χ4v) is 2.43. The molecule has 0 saturated carbocycles. The Balaban J connectivity index is 2.25. The van der Waals surface area contributed by atoms with Crippen molar-refractivity contribution in [3.05, 3.63) is 29.9 Å². The van der Waals surface area contributed by atoms with Gasteiger partial charge in [-0.1, -0.05) is 11.2 Å². The monoisotopic (exact) mass is 250 g/mol. The summed E-state index contributed by atoms with van der Waals surface area (Å²) in [6, 6.07) is 4.12. The van der Waals surface area contributed by atoms with E-state index in [-0.39, 0.29) is 11.9 Å². The summed E-state index contributed by atoms with van der Waals surface area (Å²) in [5.74, 6) is 1.14. The molecule has 2 aromatic rings. The van der Waals surface area contributed by atoms with Gasteiger partial charge >= 0.3 is 0 Å². The van der Waals surface area contributed by atoms with Crippen molar-refractivity contribution in [2.45, 2.75) is 19.4 Å². The van der Waals surface area contributed by atoms with E-state index in [1.165, 1.54) is 0 Å². The molecule has 0 aliphatic heterocycles. The summed E-state index contributed by atoms with van der Waals surface area (Å²) in [5, 5.41) is 13.6. The second kappa shape index (κ2) is 5.01. The first-order valence-electron chi connectivity index (χ1n) is 5.25. The fourth-order valence-electron chi connectivity index (χ4n) is 1.71. The van der Waals surface area contributed by atoms with Crippen LogP contribution in [-0.4, -0.2) is 20.6 Å². The van der Waals surface area contributed by atoms with E-state index < -0.39 is 0 Å². The van der Waals surface area contributed by atoms with Gasteiger partial charge in [-0.3, -0.25) is 0 Å². The van der Waals surface area contributed by atoms with Crippen molar-refractivity contribution < 1.29 is 5.21 Å². The minimum atomic E-state index is 0.102. The van der Waals surface area contributed by atoms with Crippen LogP contribution in [0.15, 0.2) is 35.1 Å². The molecule has 90 valence electrons. The standard InChI is InChI=1S/C11H14N4OS/c1-8(7-10(12)14-16)15-5-4-13-11(15)9-3-2-6-17-9/h2-6,8,16H,7H2,1H3,(H2,12,14). The van der Waals surface area contributed by atoms with Gasteiger partial charge in [0.05, 0.1) is 4.88 Å². The van der Waals surface area contributed by atoms with Crippen LogP contribution in [0.25, 0.3) is 10.7 Å². The van der Waals surface area contributed by atoms with Gasteiger partial charge in [0.2, 0.25) is 0 Å². The van der Waals surface area contributed by atoms with E-state index in [4.69, 9.17) is 10.9 Å². The lowest BCUT2D eigenvalue weighted by Gasteiger charge is -2.14. The highest BCUT2D eigenvalue weighted by Crippen LogP contribution is 2.26. The van der Waals surface area contributed by atoms with Gasteiger partial charge in [0.15, 0.2) is 0 Å². The van der Waals surface area contributed by atoms with Crippen LogP contribution in [0.5, 0.6) is 0 Å². The average molecular weight is 250 g/mol. The molecule has 2 rings (SSSR count). The van der Waals surface area contributed by atoms with Crippen molar-refractivity contribution in [1.29, 1.82) is 0 Å². The van der Waals surface area contributed by atoms with Crippen molar-refractivity contribution in [3.8, 4) is 10.7 Å². The molecule has 2 aromatic heterocycles. The molecular formula is C11H14N4OS. The zero-order valence-corrected chi connectivity index (χ0v) is 10.3. The van der Waals surface area contributed by atoms with E-state index in [2.05, 4.69) is 10.1 Å². The minimum absolute atomic E-state index is 0.102. The van der Waals surface area contributed by atoms with Crippen LogP contribution >= 0.6 is 11.3 Å². The number of amidine groups is 1. The van der Waals surface area contributed by atoms with Gasteiger partial charge < -0.3 is 15.5 Å². The third-order valence-electron chi connectivity index (χ3n) is 2.52. The van der Waals surface area contributed by atoms with Gasteiger partial charge in [0.25, 0.3) is 0 Å². The summed E-state index contributed by atoms with van der Waals surface area (Å²) < 4.78 is 2.03. The predicted molar refractivity (Wildman–Crippen MR) is 68.3 cm³/mol. The zero-order chi connectivity index (χ0) is 12.3.